The number of hydrogen-bond donors (Lipinski definition) is 2. The summed E-state index contributed by atoms with van der Waals surface area (Å²) in [6.45, 7) is 0.595. The van der Waals surface area contributed by atoms with Crippen molar-refractivity contribution in [1.29, 1.82) is 0 Å². The van der Waals surface area contributed by atoms with Gasteiger partial charge in [0.2, 0.25) is 0 Å². The Morgan fingerprint density at radius 2 is 2.00 bits per heavy atom. The zero-order chi connectivity index (χ0) is 15.2. The van der Waals surface area contributed by atoms with Gasteiger partial charge in [-0.3, -0.25) is 10.1 Å². The predicted molar refractivity (Wildman–Crippen MR) is 75.6 cm³/mol. The lowest BCUT2D eigenvalue weighted by molar-refractivity contribution is -0.386. The fourth-order valence-corrected chi connectivity index (χ4v) is 2.65. The van der Waals surface area contributed by atoms with Crippen LogP contribution in [0.2, 0.25) is 0 Å². The second-order valence-corrected chi connectivity index (χ2v) is 6.38. The third kappa shape index (κ3) is 4.46. The molecule has 0 heterocycles. The van der Waals surface area contributed by atoms with Gasteiger partial charge < -0.3 is 10.4 Å². The van der Waals surface area contributed by atoms with E-state index in [4.69, 9.17) is 5.11 Å². The first kappa shape index (κ1) is 16.4. The normalized spacial score (nSPS) is 11.3. The summed E-state index contributed by atoms with van der Waals surface area (Å²) in [5, 5.41) is 22.6. The molecule has 0 atom stereocenters. The Labute approximate surface area is 117 Å². The summed E-state index contributed by atoms with van der Waals surface area (Å²) < 4.78 is 23.1. The first-order chi connectivity index (χ1) is 9.38. The van der Waals surface area contributed by atoms with Crippen LogP contribution < -0.4 is 5.32 Å². The molecule has 0 amide bonds. The van der Waals surface area contributed by atoms with Gasteiger partial charge in [-0.25, -0.2) is 8.42 Å². The van der Waals surface area contributed by atoms with Crippen molar-refractivity contribution in [2.75, 3.05) is 24.7 Å². The molecule has 0 unspecified atom stereocenters. The highest BCUT2D eigenvalue weighted by atomic mass is 32.2. The molecule has 112 valence electrons. The highest BCUT2D eigenvalue weighted by Crippen LogP contribution is 2.31. The molecular formula is C12H18N2O5S. The number of para-hydroxylation sites is 1. The predicted octanol–water partition coefficient (Wildman–Crippen LogP) is 1.57. The van der Waals surface area contributed by atoms with E-state index in [1.54, 1.807) is 0 Å². The van der Waals surface area contributed by atoms with E-state index in [1.807, 2.05) is 0 Å². The molecule has 8 heteroatoms. The fraction of sp³-hybridized carbons (Fsp3) is 0.500. The van der Waals surface area contributed by atoms with Crippen LogP contribution in [0.3, 0.4) is 0 Å². The second kappa shape index (κ2) is 7.20. The minimum atomic E-state index is -3.65. The van der Waals surface area contributed by atoms with Gasteiger partial charge in [-0.15, -0.1) is 0 Å². The number of nitro benzene ring substituents is 1. The SMILES string of the molecule is CS(=O)(=O)c1cccc(NCCCCCO)c1[N+](=O)[O-]. The number of hydrogen-bond acceptors (Lipinski definition) is 6. The number of nitro groups is 1. The molecular weight excluding hydrogens is 284 g/mol. The third-order valence-corrected chi connectivity index (χ3v) is 3.86. The Morgan fingerprint density at radius 1 is 1.30 bits per heavy atom. The number of anilines is 1. The Morgan fingerprint density at radius 3 is 2.55 bits per heavy atom. The van der Waals surface area contributed by atoms with Crippen LogP contribution in [-0.2, 0) is 9.84 Å². The Kier molecular flexibility index (Phi) is 5.90. The van der Waals surface area contributed by atoms with Gasteiger partial charge in [0.25, 0.3) is 0 Å². The van der Waals surface area contributed by atoms with Gasteiger partial charge in [0.15, 0.2) is 9.84 Å². The highest BCUT2D eigenvalue weighted by molar-refractivity contribution is 7.90. The second-order valence-electron chi connectivity index (χ2n) is 4.39. The maximum atomic E-state index is 11.6. The molecule has 7 nitrogen and oxygen atoms in total. The molecule has 1 aromatic rings. The molecule has 0 bridgehead atoms. The summed E-state index contributed by atoms with van der Waals surface area (Å²) in [6, 6.07) is 4.18. The number of nitrogens with zero attached hydrogens (tertiary/aromatic N) is 1. The average Bonchev–Trinajstić information content (AvgIpc) is 2.37. The Bertz CT molecular complexity index is 571. The number of aliphatic hydroxyl groups is 1. The van der Waals surface area contributed by atoms with Crippen LogP contribution >= 0.6 is 0 Å². The molecule has 0 spiro atoms. The number of unbranched alkanes of at least 4 members (excludes halogenated alkanes) is 2. The summed E-state index contributed by atoms with van der Waals surface area (Å²) in [7, 11) is -3.65. The lowest BCUT2D eigenvalue weighted by Gasteiger charge is -2.09. The van der Waals surface area contributed by atoms with Crippen molar-refractivity contribution in [3.05, 3.63) is 28.3 Å². The molecule has 0 aliphatic rings. The summed E-state index contributed by atoms with van der Waals surface area (Å²) >= 11 is 0. The van der Waals surface area contributed by atoms with Crippen molar-refractivity contribution in [3.8, 4) is 0 Å². The quantitative estimate of drug-likeness (QED) is 0.428. The van der Waals surface area contributed by atoms with Crippen LogP contribution in [0.4, 0.5) is 11.4 Å². The maximum Gasteiger partial charge on any atom is 0.310 e. The third-order valence-electron chi connectivity index (χ3n) is 2.73. The molecule has 0 radical (unpaired) electrons. The van der Waals surface area contributed by atoms with Crippen LogP contribution in [0, 0.1) is 10.1 Å². The molecule has 0 aliphatic carbocycles. The summed E-state index contributed by atoms with van der Waals surface area (Å²) in [4.78, 5) is 10.1. The molecule has 20 heavy (non-hydrogen) atoms. The van der Waals surface area contributed by atoms with Crippen LogP contribution in [0.1, 0.15) is 19.3 Å². The van der Waals surface area contributed by atoms with E-state index in [-0.39, 0.29) is 17.2 Å². The lowest BCUT2D eigenvalue weighted by Crippen LogP contribution is -2.08. The van der Waals surface area contributed by atoms with Gasteiger partial charge in [0.05, 0.1) is 4.92 Å². The van der Waals surface area contributed by atoms with Gasteiger partial charge in [0.1, 0.15) is 10.6 Å². The van der Waals surface area contributed by atoms with Crippen LogP contribution in [0.25, 0.3) is 0 Å². The van der Waals surface area contributed by atoms with Crippen molar-refractivity contribution in [3.63, 3.8) is 0 Å². The van der Waals surface area contributed by atoms with Crippen molar-refractivity contribution in [2.45, 2.75) is 24.2 Å². The molecule has 0 fully saturated rings. The van der Waals surface area contributed by atoms with Gasteiger partial charge in [-0.05, 0) is 31.4 Å². The van der Waals surface area contributed by atoms with E-state index < -0.39 is 20.4 Å². The van der Waals surface area contributed by atoms with Crippen molar-refractivity contribution in [1.82, 2.24) is 0 Å². The molecule has 2 N–H and O–H groups in total. The standard InChI is InChI=1S/C12H18N2O5S/c1-20(18,19)11-7-5-6-10(12(11)14(16)17)13-8-3-2-4-9-15/h5-7,13,15H,2-4,8-9H2,1H3. The van der Waals surface area contributed by atoms with E-state index in [2.05, 4.69) is 5.32 Å². The number of benzene rings is 1. The van der Waals surface area contributed by atoms with E-state index in [1.165, 1.54) is 18.2 Å². The fourth-order valence-electron chi connectivity index (χ4n) is 1.79. The number of aliphatic hydroxyl groups excluding tert-OH is 1. The molecule has 1 rings (SSSR count). The first-order valence-corrected chi connectivity index (χ1v) is 8.09. The summed E-state index contributed by atoms with van der Waals surface area (Å²) in [5.41, 5.74) is -0.223. The topological polar surface area (TPSA) is 110 Å². The molecule has 0 saturated heterocycles. The van der Waals surface area contributed by atoms with Crippen LogP contribution in [0.15, 0.2) is 23.1 Å². The summed E-state index contributed by atoms with van der Waals surface area (Å²) in [5.74, 6) is 0. The maximum absolute atomic E-state index is 11.6. The van der Waals surface area contributed by atoms with E-state index >= 15 is 0 Å². The zero-order valence-electron chi connectivity index (χ0n) is 11.2. The van der Waals surface area contributed by atoms with Gasteiger partial charge in [0, 0.05) is 19.4 Å². The highest BCUT2D eigenvalue weighted by Gasteiger charge is 2.25. The number of sulfone groups is 1. The minimum Gasteiger partial charge on any atom is -0.396 e. The van der Waals surface area contributed by atoms with Crippen molar-refractivity contribution >= 4 is 21.2 Å². The number of rotatable bonds is 8. The largest absolute Gasteiger partial charge is 0.396 e. The van der Waals surface area contributed by atoms with Crippen LogP contribution in [-0.4, -0.2) is 37.9 Å². The van der Waals surface area contributed by atoms with E-state index in [0.29, 0.717) is 13.0 Å². The lowest BCUT2D eigenvalue weighted by atomic mass is 10.2. The molecule has 0 aromatic heterocycles. The van der Waals surface area contributed by atoms with E-state index in [0.717, 1.165) is 19.1 Å². The molecule has 0 saturated carbocycles. The van der Waals surface area contributed by atoms with Gasteiger partial charge in [-0.1, -0.05) is 6.07 Å². The molecule has 0 aliphatic heterocycles. The van der Waals surface area contributed by atoms with E-state index in [9.17, 15) is 18.5 Å². The van der Waals surface area contributed by atoms with Gasteiger partial charge >= 0.3 is 5.69 Å². The monoisotopic (exact) mass is 302 g/mol. The number of nitrogens with one attached hydrogen (secondary N) is 1. The van der Waals surface area contributed by atoms with Crippen LogP contribution in [0.5, 0.6) is 0 Å². The average molecular weight is 302 g/mol. The Hall–Kier alpha value is -1.67. The smallest absolute Gasteiger partial charge is 0.310 e. The Balaban J connectivity index is 2.94. The van der Waals surface area contributed by atoms with Gasteiger partial charge in [-0.2, -0.15) is 0 Å². The summed E-state index contributed by atoms with van der Waals surface area (Å²) in [6.07, 6.45) is 3.15. The van der Waals surface area contributed by atoms with Crippen molar-refractivity contribution in [2.24, 2.45) is 0 Å². The van der Waals surface area contributed by atoms with Crippen molar-refractivity contribution < 1.29 is 18.4 Å². The minimum absolute atomic E-state index is 0.115. The zero-order valence-corrected chi connectivity index (χ0v) is 12.0. The molecule has 1 aromatic carbocycles. The first-order valence-electron chi connectivity index (χ1n) is 6.20.